The normalized spacial score (nSPS) is 15.3. The Bertz CT molecular complexity index is 1320. The van der Waals surface area contributed by atoms with Crippen molar-refractivity contribution in [3.63, 3.8) is 0 Å². The maximum atomic E-state index is 12.9. The van der Waals surface area contributed by atoms with Crippen LogP contribution in [0.1, 0.15) is 54.4 Å². The Morgan fingerprint density at radius 3 is 2.50 bits per heavy atom. The van der Waals surface area contributed by atoms with E-state index in [1.54, 1.807) is 17.9 Å². The van der Waals surface area contributed by atoms with Gasteiger partial charge in [0.2, 0.25) is 10.0 Å². The highest BCUT2D eigenvalue weighted by Crippen LogP contribution is 2.36. The van der Waals surface area contributed by atoms with Gasteiger partial charge in [0.25, 0.3) is 5.91 Å². The van der Waals surface area contributed by atoms with Crippen molar-refractivity contribution in [1.82, 2.24) is 19.5 Å². The Hall–Kier alpha value is -2.98. The average Bonchev–Trinajstić information content (AvgIpc) is 3.17. The first-order valence-corrected chi connectivity index (χ1v) is 13.3. The fourth-order valence-electron chi connectivity index (χ4n) is 4.39. The molecule has 0 bridgehead atoms. The summed E-state index contributed by atoms with van der Waals surface area (Å²) >= 11 is 0. The fraction of sp³-hybridized carbons (Fsp3) is 0.458. The molecular weight excluding hydrogens is 454 g/mol. The summed E-state index contributed by atoms with van der Waals surface area (Å²) < 4.78 is 32.8. The predicted octanol–water partition coefficient (Wildman–Crippen LogP) is 3.16. The summed E-state index contributed by atoms with van der Waals surface area (Å²) in [5.41, 5.74) is 4.17. The molecule has 1 aromatic carbocycles. The molecule has 3 heterocycles. The van der Waals surface area contributed by atoms with Crippen molar-refractivity contribution in [2.75, 3.05) is 31.4 Å². The van der Waals surface area contributed by atoms with E-state index in [2.05, 4.69) is 23.7 Å². The number of amides is 1. The molecule has 34 heavy (non-hydrogen) atoms. The monoisotopic (exact) mass is 485 g/mol. The minimum Gasteiger partial charge on any atom is -0.381 e. The third-order valence-corrected chi connectivity index (χ3v) is 6.62. The third-order valence-electron chi connectivity index (χ3n) is 6.06. The molecule has 1 aliphatic heterocycles. The second-order valence-corrected chi connectivity index (χ2v) is 10.9. The van der Waals surface area contributed by atoms with Crippen LogP contribution in [0.3, 0.4) is 0 Å². The standard InChI is InChI=1S/C24H31N5O4S/c1-15(2)22-21-20(28-11-9-18(33-4)10-12-28)14-19(24(30)27-34(5,31)32)25-23(21)29(26-22)17-8-6-7-16(3)13-17/h6-8,13-15,18H,9-12H2,1-5H3,(H,27,30). The lowest BCUT2D eigenvalue weighted by atomic mass is 10.0. The number of sulfonamides is 1. The number of aryl methyl sites for hydroxylation is 1. The lowest BCUT2D eigenvalue weighted by Crippen LogP contribution is -2.37. The van der Waals surface area contributed by atoms with Crippen LogP contribution in [0, 0.1) is 6.92 Å². The van der Waals surface area contributed by atoms with Gasteiger partial charge in [0.05, 0.1) is 34.8 Å². The number of hydrogen-bond acceptors (Lipinski definition) is 7. The van der Waals surface area contributed by atoms with Crippen molar-refractivity contribution in [2.45, 2.75) is 45.6 Å². The van der Waals surface area contributed by atoms with Crippen LogP contribution in [0.2, 0.25) is 0 Å². The lowest BCUT2D eigenvalue weighted by Gasteiger charge is -2.33. The van der Waals surface area contributed by atoms with Crippen LogP contribution in [-0.4, -0.2) is 61.6 Å². The Morgan fingerprint density at radius 1 is 1.21 bits per heavy atom. The van der Waals surface area contributed by atoms with Crippen molar-refractivity contribution in [3.05, 3.63) is 47.3 Å². The highest BCUT2D eigenvalue weighted by atomic mass is 32.2. The van der Waals surface area contributed by atoms with Crippen LogP contribution in [0.4, 0.5) is 5.69 Å². The number of nitrogens with one attached hydrogen (secondary N) is 1. The number of carbonyl (C=O) groups is 1. The summed E-state index contributed by atoms with van der Waals surface area (Å²) in [7, 11) is -2.02. The number of anilines is 1. The van der Waals surface area contributed by atoms with Gasteiger partial charge in [-0.15, -0.1) is 0 Å². The zero-order valence-electron chi connectivity index (χ0n) is 20.2. The largest absolute Gasteiger partial charge is 0.381 e. The molecule has 1 saturated heterocycles. The summed E-state index contributed by atoms with van der Waals surface area (Å²) in [5.74, 6) is -0.651. The number of nitrogens with zero attached hydrogens (tertiary/aromatic N) is 4. The summed E-state index contributed by atoms with van der Waals surface area (Å²) in [6, 6.07) is 9.58. The number of ether oxygens (including phenoxy) is 1. The zero-order valence-corrected chi connectivity index (χ0v) is 21.0. The van der Waals surface area contributed by atoms with Crippen LogP contribution in [0.25, 0.3) is 16.7 Å². The molecule has 9 nitrogen and oxygen atoms in total. The van der Waals surface area contributed by atoms with E-state index in [1.807, 2.05) is 35.9 Å². The second-order valence-electron chi connectivity index (χ2n) is 9.14. The van der Waals surface area contributed by atoms with Crippen LogP contribution in [0.15, 0.2) is 30.3 Å². The van der Waals surface area contributed by atoms with Crippen molar-refractivity contribution >= 4 is 32.7 Å². The Labute approximate surface area is 200 Å². The number of piperidine rings is 1. The molecular formula is C24H31N5O4S. The van der Waals surface area contributed by atoms with Crippen LogP contribution in [-0.2, 0) is 14.8 Å². The molecule has 10 heteroatoms. The number of benzene rings is 1. The first kappa shape index (κ1) is 24.2. The number of aromatic nitrogens is 3. The van der Waals surface area contributed by atoms with Crippen molar-refractivity contribution in [2.24, 2.45) is 0 Å². The van der Waals surface area contributed by atoms with E-state index in [0.29, 0.717) is 5.65 Å². The van der Waals surface area contributed by atoms with Crippen molar-refractivity contribution in [1.29, 1.82) is 0 Å². The molecule has 0 radical (unpaired) electrons. The molecule has 0 unspecified atom stereocenters. The highest BCUT2D eigenvalue weighted by Gasteiger charge is 2.28. The van der Waals surface area contributed by atoms with Gasteiger partial charge in [-0.2, -0.15) is 5.10 Å². The maximum absolute atomic E-state index is 12.9. The van der Waals surface area contributed by atoms with E-state index < -0.39 is 15.9 Å². The first-order chi connectivity index (χ1) is 16.1. The summed E-state index contributed by atoms with van der Waals surface area (Å²) in [4.78, 5) is 19.7. The van der Waals surface area contributed by atoms with E-state index in [9.17, 15) is 13.2 Å². The Balaban J connectivity index is 1.96. The smallest absolute Gasteiger partial charge is 0.283 e. The minimum absolute atomic E-state index is 0.0332. The molecule has 0 saturated carbocycles. The number of carbonyl (C=O) groups excluding carboxylic acids is 1. The molecule has 182 valence electrons. The van der Waals surface area contributed by atoms with Gasteiger partial charge >= 0.3 is 0 Å². The van der Waals surface area contributed by atoms with E-state index >= 15 is 0 Å². The average molecular weight is 486 g/mol. The summed E-state index contributed by atoms with van der Waals surface area (Å²) in [6.07, 6.45) is 2.86. The van der Waals surface area contributed by atoms with Crippen molar-refractivity contribution in [3.8, 4) is 5.69 Å². The van der Waals surface area contributed by atoms with E-state index in [4.69, 9.17) is 9.84 Å². The van der Waals surface area contributed by atoms with Crippen LogP contribution < -0.4 is 9.62 Å². The molecule has 2 aromatic heterocycles. The van der Waals surface area contributed by atoms with Gasteiger partial charge in [0, 0.05) is 20.2 Å². The van der Waals surface area contributed by atoms with Gasteiger partial charge in [0.1, 0.15) is 5.69 Å². The topological polar surface area (TPSA) is 106 Å². The van der Waals surface area contributed by atoms with Gasteiger partial charge in [0.15, 0.2) is 5.65 Å². The molecule has 1 aliphatic rings. The van der Waals surface area contributed by atoms with E-state index in [-0.39, 0.29) is 17.7 Å². The van der Waals surface area contributed by atoms with Gasteiger partial charge in [-0.1, -0.05) is 26.0 Å². The molecule has 0 spiro atoms. The van der Waals surface area contributed by atoms with E-state index in [0.717, 1.165) is 60.2 Å². The third kappa shape index (κ3) is 4.92. The van der Waals surface area contributed by atoms with Gasteiger partial charge in [-0.05, 0) is 49.4 Å². The van der Waals surface area contributed by atoms with Crippen molar-refractivity contribution < 1.29 is 17.9 Å². The van der Waals surface area contributed by atoms with E-state index in [1.165, 1.54) is 0 Å². The van der Waals surface area contributed by atoms with Crippen LogP contribution >= 0.6 is 0 Å². The Kier molecular flexibility index (Phi) is 6.64. The number of rotatable bonds is 6. The first-order valence-electron chi connectivity index (χ1n) is 11.4. The molecule has 1 amide bonds. The lowest BCUT2D eigenvalue weighted by molar-refractivity contribution is 0.0819. The predicted molar refractivity (Wildman–Crippen MR) is 132 cm³/mol. The number of methoxy groups -OCH3 is 1. The summed E-state index contributed by atoms with van der Waals surface area (Å²) in [6.45, 7) is 7.65. The second kappa shape index (κ2) is 9.34. The van der Waals surface area contributed by atoms with Gasteiger partial charge in [-0.3, -0.25) is 4.79 Å². The quantitative estimate of drug-likeness (QED) is 0.572. The summed E-state index contributed by atoms with van der Waals surface area (Å²) in [5, 5.41) is 5.79. The zero-order chi connectivity index (χ0) is 24.6. The number of fused-ring (bicyclic) bond motifs is 1. The van der Waals surface area contributed by atoms with Crippen LogP contribution in [0.5, 0.6) is 0 Å². The molecule has 4 rings (SSSR count). The highest BCUT2D eigenvalue weighted by molar-refractivity contribution is 7.89. The molecule has 1 fully saturated rings. The number of pyridine rings is 1. The SMILES string of the molecule is COC1CCN(c2cc(C(=O)NS(C)(=O)=O)nc3c2c(C(C)C)nn3-c2cccc(C)c2)CC1. The maximum Gasteiger partial charge on any atom is 0.283 e. The van der Waals surface area contributed by atoms with Gasteiger partial charge < -0.3 is 9.64 Å². The molecule has 0 atom stereocenters. The molecule has 3 aromatic rings. The fourth-order valence-corrected chi connectivity index (χ4v) is 4.83. The molecule has 0 aliphatic carbocycles. The minimum atomic E-state index is -3.74. The molecule has 1 N–H and O–H groups in total. The van der Waals surface area contributed by atoms with Gasteiger partial charge in [-0.25, -0.2) is 22.8 Å². The number of hydrogen-bond donors (Lipinski definition) is 1. The Morgan fingerprint density at radius 2 is 1.91 bits per heavy atom.